The highest BCUT2D eigenvalue weighted by Gasteiger charge is 2.23. The number of carbonyl (C=O) groups excluding carboxylic acids is 2. The van der Waals surface area contributed by atoms with Crippen molar-refractivity contribution in [3.05, 3.63) is 58.6 Å². The highest BCUT2D eigenvalue weighted by atomic mass is 35.5. The number of rotatable bonds is 6. The third kappa shape index (κ3) is 5.41. The van der Waals surface area contributed by atoms with Crippen LogP contribution >= 0.6 is 11.6 Å². The van der Waals surface area contributed by atoms with Crippen LogP contribution < -0.4 is 10.1 Å². The van der Waals surface area contributed by atoms with Crippen LogP contribution in [0.25, 0.3) is 0 Å². The first-order chi connectivity index (χ1) is 14.0. The number of urea groups is 1. The number of nitrogens with zero attached hydrogens (tertiary/aromatic N) is 2. The number of aryl methyl sites for hydroxylation is 1. The Morgan fingerprint density at radius 2 is 1.83 bits per heavy atom. The second-order valence-electron chi connectivity index (χ2n) is 7.15. The van der Waals surface area contributed by atoms with Crippen molar-refractivity contribution in [3.8, 4) is 5.75 Å². The quantitative estimate of drug-likeness (QED) is 0.759. The lowest BCUT2D eigenvalue weighted by Crippen LogP contribution is -2.36. The number of benzene rings is 2. The van der Waals surface area contributed by atoms with Crippen molar-refractivity contribution >= 4 is 29.2 Å². The molecule has 0 radical (unpaired) electrons. The molecule has 0 aliphatic carbocycles. The van der Waals surface area contributed by atoms with E-state index in [0.29, 0.717) is 35.2 Å². The average Bonchev–Trinajstić information content (AvgIpc) is 3.25. The second-order valence-corrected chi connectivity index (χ2v) is 7.59. The van der Waals surface area contributed by atoms with E-state index in [1.165, 1.54) is 4.90 Å². The molecule has 7 heteroatoms. The number of amides is 3. The van der Waals surface area contributed by atoms with Crippen molar-refractivity contribution in [1.29, 1.82) is 0 Å². The summed E-state index contributed by atoms with van der Waals surface area (Å²) in [5.41, 5.74) is 1.96. The summed E-state index contributed by atoms with van der Waals surface area (Å²) in [6.07, 6.45) is 2.05. The number of likely N-dealkylation sites (N-methyl/N-ethyl adjacent to an activating group) is 1. The summed E-state index contributed by atoms with van der Waals surface area (Å²) in [6, 6.07) is 12.3. The Morgan fingerprint density at radius 3 is 2.52 bits per heavy atom. The van der Waals surface area contributed by atoms with E-state index in [9.17, 15) is 9.59 Å². The molecule has 0 saturated carbocycles. The fourth-order valence-corrected chi connectivity index (χ4v) is 3.36. The van der Waals surface area contributed by atoms with Gasteiger partial charge in [0.25, 0.3) is 5.91 Å². The summed E-state index contributed by atoms with van der Waals surface area (Å²) in [4.78, 5) is 28.9. The first kappa shape index (κ1) is 21.0. The molecule has 3 rings (SSSR count). The number of hydrogen-bond donors (Lipinski definition) is 1. The molecule has 0 spiro atoms. The van der Waals surface area contributed by atoms with Gasteiger partial charge in [-0.1, -0.05) is 23.7 Å². The van der Waals surface area contributed by atoms with Gasteiger partial charge in [0.05, 0.1) is 17.8 Å². The zero-order valence-electron chi connectivity index (χ0n) is 16.8. The number of carbonyl (C=O) groups is 2. The Morgan fingerprint density at radius 1 is 1.14 bits per heavy atom. The average molecular weight is 416 g/mol. The van der Waals surface area contributed by atoms with Crippen molar-refractivity contribution in [2.75, 3.05) is 38.6 Å². The van der Waals surface area contributed by atoms with E-state index >= 15 is 0 Å². The van der Waals surface area contributed by atoms with Crippen molar-refractivity contribution in [3.63, 3.8) is 0 Å². The summed E-state index contributed by atoms with van der Waals surface area (Å²) in [5.74, 6) is 0.663. The minimum absolute atomic E-state index is 0.0322. The van der Waals surface area contributed by atoms with Gasteiger partial charge >= 0.3 is 6.03 Å². The topological polar surface area (TPSA) is 61.9 Å². The van der Waals surface area contributed by atoms with Crippen LogP contribution in [0, 0.1) is 6.92 Å². The van der Waals surface area contributed by atoms with Crippen molar-refractivity contribution in [1.82, 2.24) is 9.80 Å². The third-order valence-electron chi connectivity index (χ3n) is 4.98. The van der Waals surface area contributed by atoms with Crippen molar-refractivity contribution in [2.24, 2.45) is 0 Å². The molecule has 6 nitrogen and oxygen atoms in total. The molecule has 0 aromatic heterocycles. The number of halogens is 1. The molecule has 154 valence electrons. The molecule has 3 amide bonds. The Hall–Kier alpha value is -2.73. The van der Waals surface area contributed by atoms with Crippen LogP contribution in [0.5, 0.6) is 5.75 Å². The van der Waals surface area contributed by atoms with Gasteiger partial charge in [-0.2, -0.15) is 0 Å². The smallest absolute Gasteiger partial charge is 0.321 e. The molecule has 1 fully saturated rings. The predicted molar refractivity (Wildman–Crippen MR) is 115 cm³/mol. The molecule has 2 aromatic rings. The second kappa shape index (κ2) is 9.65. The maximum Gasteiger partial charge on any atom is 0.321 e. The zero-order chi connectivity index (χ0) is 20.8. The number of para-hydroxylation sites is 1. The van der Waals surface area contributed by atoms with Gasteiger partial charge in [0.2, 0.25) is 0 Å². The summed E-state index contributed by atoms with van der Waals surface area (Å²) < 4.78 is 5.64. The largest absolute Gasteiger partial charge is 0.492 e. The highest BCUT2D eigenvalue weighted by Crippen LogP contribution is 2.24. The van der Waals surface area contributed by atoms with Crippen molar-refractivity contribution < 1.29 is 14.3 Å². The number of hydrogen-bond acceptors (Lipinski definition) is 3. The molecule has 1 aliphatic rings. The van der Waals surface area contributed by atoms with E-state index in [1.54, 1.807) is 37.4 Å². The Kier molecular flexibility index (Phi) is 6.99. The number of ether oxygens (including phenoxy) is 1. The fourth-order valence-electron chi connectivity index (χ4n) is 3.24. The van der Waals surface area contributed by atoms with Gasteiger partial charge in [-0.3, -0.25) is 4.79 Å². The zero-order valence-corrected chi connectivity index (χ0v) is 17.5. The van der Waals surface area contributed by atoms with E-state index in [-0.39, 0.29) is 11.9 Å². The summed E-state index contributed by atoms with van der Waals surface area (Å²) in [7, 11) is 1.70. The van der Waals surface area contributed by atoms with Gasteiger partial charge in [-0.05, 0) is 55.7 Å². The standard InChI is InChI=1S/C22H26ClN3O3/c1-16-6-5-7-19(21(27)26-12-3-4-13-26)20(16)24-22(28)25(2)14-15-29-18-10-8-17(23)9-11-18/h5-11H,3-4,12-15H2,1-2H3,(H,24,28). The molecule has 1 heterocycles. The molecule has 29 heavy (non-hydrogen) atoms. The minimum Gasteiger partial charge on any atom is -0.492 e. The molecule has 1 N–H and O–H groups in total. The molecule has 1 saturated heterocycles. The molecular formula is C22H26ClN3O3. The fraction of sp³-hybridized carbons (Fsp3) is 0.364. The van der Waals surface area contributed by atoms with Gasteiger partial charge < -0.3 is 19.9 Å². The van der Waals surface area contributed by atoms with E-state index in [2.05, 4.69) is 5.32 Å². The maximum absolute atomic E-state index is 12.9. The third-order valence-corrected chi connectivity index (χ3v) is 5.24. The van der Waals surface area contributed by atoms with Crippen LogP contribution in [0.15, 0.2) is 42.5 Å². The molecule has 0 unspecified atom stereocenters. The van der Waals surface area contributed by atoms with Gasteiger partial charge in [-0.25, -0.2) is 4.79 Å². The van der Waals surface area contributed by atoms with E-state index < -0.39 is 0 Å². The normalized spacial score (nSPS) is 13.3. The Labute approximate surface area is 176 Å². The lowest BCUT2D eigenvalue weighted by molar-refractivity contribution is 0.0793. The van der Waals surface area contributed by atoms with Gasteiger partial charge in [0.1, 0.15) is 12.4 Å². The van der Waals surface area contributed by atoms with E-state index in [1.807, 2.05) is 24.0 Å². The molecule has 0 bridgehead atoms. The van der Waals surface area contributed by atoms with Crippen LogP contribution in [0.1, 0.15) is 28.8 Å². The van der Waals surface area contributed by atoms with Crippen LogP contribution in [0.3, 0.4) is 0 Å². The highest BCUT2D eigenvalue weighted by molar-refractivity contribution is 6.30. The molecular weight excluding hydrogens is 390 g/mol. The predicted octanol–water partition coefficient (Wildman–Crippen LogP) is 4.43. The monoisotopic (exact) mass is 415 g/mol. The molecule has 0 atom stereocenters. The Balaban J connectivity index is 1.60. The van der Waals surface area contributed by atoms with Crippen LogP contribution in [0.2, 0.25) is 5.02 Å². The number of anilines is 1. The van der Waals surface area contributed by atoms with Crippen LogP contribution in [-0.2, 0) is 0 Å². The van der Waals surface area contributed by atoms with Crippen LogP contribution in [0.4, 0.5) is 10.5 Å². The SMILES string of the molecule is Cc1cccc(C(=O)N2CCCC2)c1NC(=O)N(C)CCOc1ccc(Cl)cc1. The minimum atomic E-state index is -0.283. The number of likely N-dealkylation sites (tertiary alicyclic amines) is 1. The van der Waals surface area contributed by atoms with E-state index in [4.69, 9.17) is 16.3 Å². The van der Waals surface area contributed by atoms with Crippen LogP contribution in [-0.4, -0.2) is 55.0 Å². The summed E-state index contributed by atoms with van der Waals surface area (Å²) in [5, 5.41) is 3.55. The lowest BCUT2D eigenvalue weighted by atomic mass is 10.1. The summed E-state index contributed by atoms with van der Waals surface area (Å²) >= 11 is 5.86. The van der Waals surface area contributed by atoms with Crippen molar-refractivity contribution in [2.45, 2.75) is 19.8 Å². The lowest BCUT2D eigenvalue weighted by Gasteiger charge is -2.22. The molecule has 2 aromatic carbocycles. The van der Waals surface area contributed by atoms with Gasteiger partial charge in [0, 0.05) is 25.2 Å². The first-order valence-corrected chi connectivity index (χ1v) is 10.1. The number of nitrogens with one attached hydrogen (secondary N) is 1. The first-order valence-electron chi connectivity index (χ1n) is 9.75. The molecule has 1 aliphatic heterocycles. The van der Waals surface area contributed by atoms with E-state index in [0.717, 1.165) is 31.5 Å². The van der Waals surface area contributed by atoms with Gasteiger partial charge in [-0.15, -0.1) is 0 Å². The summed E-state index contributed by atoms with van der Waals surface area (Å²) in [6.45, 7) is 4.17. The maximum atomic E-state index is 12.9. The van der Waals surface area contributed by atoms with Gasteiger partial charge in [0.15, 0.2) is 0 Å². The Bertz CT molecular complexity index is 864.